The largest absolute Gasteiger partial charge is 0.379 e. The maximum Gasteiger partial charge on any atom is 0.108 e. The van der Waals surface area contributed by atoms with Crippen molar-refractivity contribution in [3.05, 3.63) is 40.3 Å². The number of aromatic amines is 1. The number of imidazole rings is 1. The van der Waals surface area contributed by atoms with Gasteiger partial charge in [0, 0.05) is 34.7 Å². The van der Waals surface area contributed by atoms with Gasteiger partial charge in [0.1, 0.15) is 5.82 Å². The Balaban J connectivity index is 1.78. The van der Waals surface area contributed by atoms with Gasteiger partial charge in [-0.1, -0.05) is 28.1 Å². The van der Waals surface area contributed by atoms with Crippen LogP contribution in [0.1, 0.15) is 11.5 Å². The van der Waals surface area contributed by atoms with Crippen LogP contribution in [0.5, 0.6) is 0 Å². The number of H-pyrrole nitrogens is 1. The molecule has 1 fully saturated rings. The van der Waals surface area contributed by atoms with Crippen molar-refractivity contribution in [2.45, 2.75) is 19.4 Å². The standard InChI is InChI=1S/C15H18BrN3O/c1-10-15(11-2-4-12(16)5-3-11)19-14(18-10)8-13-9-20-7-6-17-13/h2-5,13,17H,6-9H2,1H3,(H,18,19). The van der Waals surface area contributed by atoms with Gasteiger partial charge in [0.05, 0.1) is 18.9 Å². The molecule has 0 radical (unpaired) electrons. The van der Waals surface area contributed by atoms with Crippen LogP contribution in [-0.2, 0) is 11.2 Å². The van der Waals surface area contributed by atoms with E-state index >= 15 is 0 Å². The normalized spacial score (nSPS) is 19.2. The highest BCUT2D eigenvalue weighted by molar-refractivity contribution is 9.10. The molecule has 0 bridgehead atoms. The van der Waals surface area contributed by atoms with E-state index in [-0.39, 0.29) is 0 Å². The highest BCUT2D eigenvalue weighted by atomic mass is 79.9. The van der Waals surface area contributed by atoms with Gasteiger partial charge in [-0.2, -0.15) is 0 Å². The summed E-state index contributed by atoms with van der Waals surface area (Å²) < 4.78 is 6.56. The molecule has 1 aromatic heterocycles. The summed E-state index contributed by atoms with van der Waals surface area (Å²) in [5, 5.41) is 3.45. The van der Waals surface area contributed by atoms with Crippen LogP contribution in [0.25, 0.3) is 11.3 Å². The van der Waals surface area contributed by atoms with Crippen molar-refractivity contribution in [2.24, 2.45) is 0 Å². The molecule has 1 aliphatic rings. The lowest BCUT2D eigenvalue weighted by molar-refractivity contribution is 0.0764. The number of ether oxygens (including phenoxy) is 1. The number of rotatable bonds is 3. The van der Waals surface area contributed by atoms with E-state index < -0.39 is 0 Å². The summed E-state index contributed by atoms with van der Waals surface area (Å²) in [6.07, 6.45) is 0.872. The number of halogens is 1. The summed E-state index contributed by atoms with van der Waals surface area (Å²) in [5.41, 5.74) is 3.28. The molecule has 0 amide bonds. The molecule has 0 spiro atoms. The molecular weight excluding hydrogens is 318 g/mol. The molecular formula is C15H18BrN3O. The quantitative estimate of drug-likeness (QED) is 0.906. The number of hydrogen-bond acceptors (Lipinski definition) is 3. The molecule has 3 rings (SSSR count). The minimum atomic E-state index is 0.354. The van der Waals surface area contributed by atoms with Crippen LogP contribution in [0, 0.1) is 6.92 Å². The molecule has 2 heterocycles. The summed E-state index contributed by atoms with van der Waals surface area (Å²) >= 11 is 3.46. The molecule has 2 aromatic rings. The first-order valence-electron chi connectivity index (χ1n) is 6.85. The topological polar surface area (TPSA) is 49.9 Å². The second-order valence-electron chi connectivity index (χ2n) is 5.09. The zero-order valence-electron chi connectivity index (χ0n) is 11.4. The van der Waals surface area contributed by atoms with Crippen molar-refractivity contribution in [2.75, 3.05) is 19.8 Å². The fourth-order valence-corrected chi connectivity index (χ4v) is 2.76. The third-order valence-corrected chi connectivity index (χ3v) is 4.02. The number of hydrogen-bond donors (Lipinski definition) is 2. The van der Waals surface area contributed by atoms with Gasteiger partial charge in [-0.25, -0.2) is 4.98 Å². The van der Waals surface area contributed by atoms with Gasteiger partial charge in [-0.15, -0.1) is 0 Å². The second-order valence-corrected chi connectivity index (χ2v) is 6.01. The Bertz CT molecular complexity index is 573. The lowest BCUT2D eigenvalue weighted by Gasteiger charge is -2.22. The van der Waals surface area contributed by atoms with E-state index in [0.717, 1.165) is 53.4 Å². The van der Waals surface area contributed by atoms with Crippen LogP contribution >= 0.6 is 15.9 Å². The SMILES string of the molecule is Cc1[nH]c(CC2COCCN2)nc1-c1ccc(Br)cc1. The fraction of sp³-hybridized carbons (Fsp3) is 0.400. The third kappa shape index (κ3) is 3.11. The number of benzene rings is 1. The smallest absolute Gasteiger partial charge is 0.108 e. The first kappa shape index (κ1) is 13.8. The van der Waals surface area contributed by atoms with E-state index in [9.17, 15) is 0 Å². The lowest BCUT2D eigenvalue weighted by Crippen LogP contribution is -2.42. The fourth-order valence-electron chi connectivity index (χ4n) is 2.49. The Kier molecular flexibility index (Phi) is 4.19. The molecule has 20 heavy (non-hydrogen) atoms. The Hall–Kier alpha value is -1.17. The first-order valence-corrected chi connectivity index (χ1v) is 7.64. The van der Waals surface area contributed by atoms with Crippen LogP contribution in [0.4, 0.5) is 0 Å². The van der Waals surface area contributed by atoms with E-state index in [2.05, 4.69) is 45.3 Å². The van der Waals surface area contributed by atoms with Crippen molar-refractivity contribution >= 4 is 15.9 Å². The van der Waals surface area contributed by atoms with E-state index in [4.69, 9.17) is 9.72 Å². The minimum absolute atomic E-state index is 0.354. The first-order chi connectivity index (χ1) is 9.72. The third-order valence-electron chi connectivity index (χ3n) is 3.49. The molecule has 1 unspecified atom stereocenters. The summed E-state index contributed by atoms with van der Waals surface area (Å²) in [6.45, 7) is 4.55. The molecule has 5 heteroatoms. The van der Waals surface area contributed by atoms with Crippen molar-refractivity contribution in [1.29, 1.82) is 0 Å². The number of morpholine rings is 1. The Morgan fingerprint density at radius 1 is 1.35 bits per heavy atom. The van der Waals surface area contributed by atoms with Crippen molar-refractivity contribution in [1.82, 2.24) is 15.3 Å². The van der Waals surface area contributed by atoms with Crippen LogP contribution in [-0.4, -0.2) is 35.8 Å². The predicted molar refractivity (Wildman–Crippen MR) is 82.8 cm³/mol. The monoisotopic (exact) mass is 335 g/mol. The molecule has 4 nitrogen and oxygen atoms in total. The maximum atomic E-state index is 5.48. The van der Waals surface area contributed by atoms with E-state index in [1.54, 1.807) is 0 Å². The Morgan fingerprint density at radius 3 is 2.85 bits per heavy atom. The van der Waals surface area contributed by atoms with E-state index in [0.29, 0.717) is 6.04 Å². The molecule has 1 aromatic carbocycles. The summed E-state index contributed by atoms with van der Waals surface area (Å²) in [5.74, 6) is 1.02. The van der Waals surface area contributed by atoms with Crippen LogP contribution in [0.3, 0.4) is 0 Å². The average molecular weight is 336 g/mol. The van der Waals surface area contributed by atoms with Crippen molar-refractivity contribution in [3.8, 4) is 11.3 Å². The molecule has 106 valence electrons. The molecule has 0 aliphatic carbocycles. The van der Waals surface area contributed by atoms with E-state index in [1.807, 2.05) is 12.1 Å². The van der Waals surface area contributed by atoms with Crippen LogP contribution in [0.2, 0.25) is 0 Å². The van der Waals surface area contributed by atoms with Gasteiger partial charge in [-0.3, -0.25) is 0 Å². The summed E-state index contributed by atoms with van der Waals surface area (Å²) in [6, 6.07) is 8.60. The molecule has 0 saturated carbocycles. The van der Waals surface area contributed by atoms with Gasteiger partial charge in [0.2, 0.25) is 0 Å². The van der Waals surface area contributed by atoms with Crippen molar-refractivity contribution in [3.63, 3.8) is 0 Å². The predicted octanol–water partition coefficient (Wildman–Crippen LogP) is 2.68. The van der Waals surface area contributed by atoms with Crippen LogP contribution < -0.4 is 5.32 Å². The van der Waals surface area contributed by atoms with Crippen molar-refractivity contribution < 1.29 is 4.74 Å². The molecule has 1 saturated heterocycles. The number of aryl methyl sites for hydroxylation is 1. The maximum absolute atomic E-state index is 5.48. The van der Waals surface area contributed by atoms with Gasteiger partial charge >= 0.3 is 0 Å². The molecule has 1 atom stereocenters. The molecule has 1 aliphatic heterocycles. The Labute approximate surface area is 127 Å². The number of aromatic nitrogens is 2. The second kappa shape index (κ2) is 6.08. The number of nitrogens with one attached hydrogen (secondary N) is 2. The summed E-state index contributed by atoms with van der Waals surface area (Å²) in [7, 11) is 0. The minimum Gasteiger partial charge on any atom is -0.379 e. The highest BCUT2D eigenvalue weighted by Crippen LogP contribution is 2.23. The lowest BCUT2D eigenvalue weighted by atomic mass is 10.1. The van der Waals surface area contributed by atoms with Gasteiger partial charge in [0.15, 0.2) is 0 Å². The van der Waals surface area contributed by atoms with Crippen LogP contribution in [0.15, 0.2) is 28.7 Å². The van der Waals surface area contributed by atoms with E-state index in [1.165, 1.54) is 0 Å². The summed E-state index contributed by atoms with van der Waals surface area (Å²) in [4.78, 5) is 8.12. The highest BCUT2D eigenvalue weighted by Gasteiger charge is 2.16. The molecule has 2 N–H and O–H groups in total. The zero-order valence-corrected chi connectivity index (χ0v) is 13.0. The van der Waals surface area contributed by atoms with Gasteiger partial charge < -0.3 is 15.0 Å². The average Bonchev–Trinajstić information content (AvgIpc) is 2.81. The van der Waals surface area contributed by atoms with Gasteiger partial charge in [0.25, 0.3) is 0 Å². The Morgan fingerprint density at radius 2 is 2.15 bits per heavy atom. The number of nitrogens with zero attached hydrogens (tertiary/aromatic N) is 1. The zero-order chi connectivity index (χ0) is 13.9. The van der Waals surface area contributed by atoms with Gasteiger partial charge in [-0.05, 0) is 19.1 Å².